The number of aryl methyl sites for hydroxylation is 1. The van der Waals surface area contributed by atoms with Crippen molar-refractivity contribution in [2.24, 2.45) is 11.8 Å². The molecule has 1 aromatic carbocycles. The maximum Gasteiger partial charge on any atom is 0.264 e. The first-order chi connectivity index (χ1) is 15.1. The number of hydroxylamine groups is 1. The predicted octanol–water partition coefficient (Wildman–Crippen LogP) is 0.0786. The van der Waals surface area contributed by atoms with Crippen LogP contribution in [0.15, 0.2) is 29.3 Å². The van der Waals surface area contributed by atoms with E-state index in [0.717, 1.165) is 12.7 Å². The molecule has 0 spiro atoms. The second kappa shape index (κ2) is 9.13. The highest BCUT2D eigenvalue weighted by atomic mass is 32.2. The van der Waals surface area contributed by atoms with E-state index in [4.69, 9.17) is 10.3 Å². The van der Waals surface area contributed by atoms with Gasteiger partial charge in [-0.05, 0) is 55.7 Å². The zero-order valence-electron chi connectivity index (χ0n) is 17.6. The number of hydrogen-bond acceptors (Lipinski definition) is 7. The summed E-state index contributed by atoms with van der Waals surface area (Å²) in [5.41, 5.74) is 2.05. The number of nitrogens with zero attached hydrogens (tertiary/aromatic N) is 2. The van der Waals surface area contributed by atoms with E-state index in [9.17, 15) is 18.0 Å². The van der Waals surface area contributed by atoms with Crippen LogP contribution in [0.2, 0.25) is 0 Å². The number of carbonyl (C=O) groups is 1. The van der Waals surface area contributed by atoms with Gasteiger partial charge in [-0.25, -0.2) is 18.9 Å². The highest BCUT2D eigenvalue weighted by molar-refractivity contribution is 7.92. The molecule has 1 fully saturated rings. The summed E-state index contributed by atoms with van der Waals surface area (Å²) in [5, 5.41) is 18.2. The van der Waals surface area contributed by atoms with E-state index in [1.807, 2.05) is 0 Å². The summed E-state index contributed by atoms with van der Waals surface area (Å²) in [7, 11) is -3.87. The summed E-state index contributed by atoms with van der Waals surface area (Å²) in [6, 6.07) is 4.90. The predicted molar refractivity (Wildman–Crippen MR) is 117 cm³/mol. The van der Waals surface area contributed by atoms with Crippen molar-refractivity contribution < 1.29 is 23.5 Å². The molecule has 168 valence electrons. The van der Waals surface area contributed by atoms with Gasteiger partial charge in [-0.3, -0.25) is 19.4 Å². The number of aliphatic hydroxyl groups is 1. The summed E-state index contributed by atoms with van der Waals surface area (Å²) in [4.78, 5) is 29.0. The Morgan fingerprint density at radius 1 is 1.38 bits per heavy atom. The number of aromatic nitrogens is 2. The molecule has 1 unspecified atom stereocenters. The first-order valence-electron chi connectivity index (χ1n) is 9.86. The molecule has 3 N–H and O–H groups in total. The Morgan fingerprint density at radius 3 is 2.75 bits per heavy atom. The van der Waals surface area contributed by atoms with Gasteiger partial charge in [0.05, 0.1) is 17.2 Å². The molecule has 1 aliphatic carbocycles. The SMILES string of the molecule is CC(CCn1cnc2cc(C#CC#C[C@@H]3C[C@H]3CO)ccc2c1=O)(C(=O)NO)S(C)(=O)=O. The number of nitrogens with one attached hydrogen (secondary N) is 1. The molecule has 3 rings (SSSR count). The Kier molecular flexibility index (Phi) is 6.70. The van der Waals surface area contributed by atoms with Gasteiger partial charge in [0.1, 0.15) is 0 Å². The highest BCUT2D eigenvalue weighted by Gasteiger charge is 2.43. The summed E-state index contributed by atoms with van der Waals surface area (Å²) in [6.07, 6.45) is 2.84. The van der Waals surface area contributed by atoms with Crippen LogP contribution >= 0.6 is 0 Å². The Morgan fingerprint density at radius 2 is 2.12 bits per heavy atom. The van der Waals surface area contributed by atoms with E-state index in [2.05, 4.69) is 28.7 Å². The molecule has 1 aliphatic rings. The van der Waals surface area contributed by atoms with Crippen LogP contribution in [-0.4, -0.2) is 51.8 Å². The van der Waals surface area contributed by atoms with Crippen LogP contribution < -0.4 is 11.0 Å². The third-order valence-electron chi connectivity index (χ3n) is 5.74. The molecule has 1 heterocycles. The lowest BCUT2D eigenvalue weighted by Crippen LogP contribution is -2.50. The molecule has 10 heteroatoms. The van der Waals surface area contributed by atoms with Crippen molar-refractivity contribution in [3.63, 3.8) is 0 Å². The summed E-state index contributed by atoms with van der Waals surface area (Å²) in [5.74, 6) is 10.8. The maximum atomic E-state index is 12.8. The molecule has 9 nitrogen and oxygen atoms in total. The largest absolute Gasteiger partial charge is 0.396 e. The number of aliphatic hydroxyl groups excluding tert-OH is 1. The van der Waals surface area contributed by atoms with E-state index in [1.165, 1.54) is 23.3 Å². The monoisotopic (exact) mass is 457 g/mol. The Hall–Kier alpha value is -3.18. The molecule has 1 saturated carbocycles. The average molecular weight is 458 g/mol. The summed E-state index contributed by atoms with van der Waals surface area (Å²) >= 11 is 0. The molecule has 0 aliphatic heterocycles. The molecule has 1 aromatic heterocycles. The lowest BCUT2D eigenvalue weighted by molar-refractivity contribution is -0.131. The average Bonchev–Trinajstić information content (AvgIpc) is 3.53. The van der Waals surface area contributed by atoms with Gasteiger partial charge in [0.25, 0.3) is 11.5 Å². The second-order valence-electron chi connectivity index (χ2n) is 7.97. The van der Waals surface area contributed by atoms with Gasteiger partial charge in [0.2, 0.25) is 0 Å². The lowest BCUT2D eigenvalue weighted by Gasteiger charge is -2.25. The number of amides is 1. The van der Waals surface area contributed by atoms with Gasteiger partial charge >= 0.3 is 0 Å². The topological polar surface area (TPSA) is 139 Å². The van der Waals surface area contributed by atoms with Gasteiger partial charge < -0.3 is 5.11 Å². The van der Waals surface area contributed by atoms with E-state index in [1.54, 1.807) is 18.2 Å². The number of hydrogen-bond donors (Lipinski definition) is 3. The van der Waals surface area contributed by atoms with E-state index >= 15 is 0 Å². The van der Waals surface area contributed by atoms with Crippen LogP contribution in [0.1, 0.15) is 25.3 Å². The molecule has 0 saturated heterocycles. The Labute approximate surface area is 185 Å². The standard InChI is InChI=1S/C22H23N3O6S/c1-22(21(28)24-29,32(2,30)31)9-10-25-14-23-19-11-15(7-8-18(19)20(25)27)5-3-4-6-16-12-17(16)13-26/h7-8,11,14,16-17,26,29H,9-10,12-13H2,1-2H3,(H,24,28)/t16-,17+,22?/m1/s1. The minimum atomic E-state index is -3.87. The van der Waals surface area contributed by atoms with Crippen molar-refractivity contribution >= 4 is 26.6 Å². The van der Waals surface area contributed by atoms with E-state index in [0.29, 0.717) is 16.5 Å². The van der Waals surface area contributed by atoms with Crippen LogP contribution in [0.3, 0.4) is 0 Å². The van der Waals surface area contributed by atoms with Crippen LogP contribution in [0.5, 0.6) is 0 Å². The number of fused-ring (bicyclic) bond motifs is 1. The van der Waals surface area contributed by atoms with Crippen LogP contribution in [0, 0.1) is 35.5 Å². The molecular formula is C22H23N3O6S. The molecular weight excluding hydrogens is 434 g/mol. The van der Waals surface area contributed by atoms with Crippen molar-refractivity contribution in [3.05, 3.63) is 40.4 Å². The zero-order chi connectivity index (χ0) is 23.5. The molecule has 0 radical (unpaired) electrons. The zero-order valence-corrected chi connectivity index (χ0v) is 18.4. The Bertz CT molecular complexity index is 1340. The molecule has 0 bridgehead atoms. The van der Waals surface area contributed by atoms with E-state index in [-0.39, 0.29) is 31.4 Å². The molecule has 2 aromatic rings. The first kappa shape index (κ1) is 23.5. The summed E-state index contributed by atoms with van der Waals surface area (Å²) in [6.45, 7) is 1.24. The fourth-order valence-corrected chi connectivity index (χ4v) is 4.02. The quantitative estimate of drug-likeness (QED) is 0.317. The third-order valence-corrected chi connectivity index (χ3v) is 7.77. The van der Waals surface area contributed by atoms with E-state index < -0.39 is 26.1 Å². The third kappa shape index (κ3) is 4.83. The number of benzene rings is 1. The van der Waals surface area contributed by atoms with Crippen LogP contribution in [0.4, 0.5) is 0 Å². The lowest BCUT2D eigenvalue weighted by atomic mass is 10.1. The van der Waals surface area contributed by atoms with Gasteiger partial charge in [0.15, 0.2) is 14.6 Å². The smallest absolute Gasteiger partial charge is 0.264 e. The van der Waals surface area contributed by atoms with Crippen LogP contribution in [0.25, 0.3) is 10.9 Å². The van der Waals surface area contributed by atoms with Crippen molar-refractivity contribution in [1.82, 2.24) is 15.0 Å². The normalized spacial score (nSPS) is 19.1. The minimum Gasteiger partial charge on any atom is -0.396 e. The maximum absolute atomic E-state index is 12.8. The highest BCUT2D eigenvalue weighted by Crippen LogP contribution is 2.36. The second-order valence-corrected chi connectivity index (χ2v) is 10.4. The number of rotatable bonds is 6. The Balaban J connectivity index is 1.80. The van der Waals surface area contributed by atoms with Gasteiger partial charge in [-0.15, -0.1) is 0 Å². The fourth-order valence-electron chi connectivity index (χ4n) is 3.17. The van der Waals surface area contributed by atoms with Crippen molar-refractivity contribution in [2.45, 2.75) is 31.1 Å². The van der Waals surface area contributed by atoms with Gasteiger partial charge in [-0.2, -0.15) is 0 Å². The molecule has 1 amide bonds. The van der Waals surface area contributed by atoms with Crippen LogP contribution in [-0.2, 0) is 21.2 Å². The van der Waals surface area contributed by atoms with Gasteiger partial charge in [-0.1, -0.05) is 11.8 Å². The number of carbonyl (C=O) groups excluding carboxylic acids is 1. The van der Waals surface area contributed by atoms with Gasteiger partial charge in [0, 0.05) is 30.9 Å². The van der Waals surface area contributed by atoms with Crippen molar-refractivity contribution in [1.29, 1.82) is 0 Å². The molecule has 3 atom stereocenters. The van der Waals surface area contributed by atoms with Crippen molar-refractivity contribution in [3.8, 4) is 23.7 Å². The number of sulfone groups is 1. The minimum absolute atomic E-state index is 0.0914. The summed E-state index contributed by atoms with van der Waals surface area (Å²) < 4.78 is 23.5. The first-order valence-corrected chi connectivity index (χ1v) is 11.8. The fraction of sp³-hybridized carbons (Fsp3) is 0.409. The van der Waals surface area contributed by atoms with Crippen molar-refractivity contribution in [2.75, 3.05) is 12.9 Å². The molecule has 32 heavy (non-hydrogen) atoms.